The molecule has 1 aliphatic heterocycles. The van der Waals surface area contributed by atoms with Crippen LogP contribution in [0.4, 0.5) is 0 Å². The Morgan fingerprint density at radius 2 is 1.66 bits per heavy atom. The first-order valence-electron chi connectivity index (χ1n) is 10.7. The third-order valence-corrected chi connectivity index (χ3v) is 4.95. The fourth-order valence-corrected chi connectivity index (χ4v) is 3.35. The zero-order valence-corrected chi connectivity index (χ0v) is 18.1. The van der Waals surface area contributed by atoms with Crippen molar-refractivity contribution in [2.24, 2.45) is 0 Å². The zero-order valence-electron chi connectivity index (χ0n) is 18.1. The van der Waals surface area contributed by atoms with E-state index < -0.39 is 24.0 Å². The lowest BCUT2D eigenvalue weighted by molar-refractivity contribution is -0.146. The van der Waals surface area contributed by atoms with Gasteiger partial charge in [-0.15, -0.1) is 0 Å². The second-order valence-electron chi connectivity index (χ2n) is 7.57. The molecule has 168 valence electrons. The smallest absolute Gasteiger partial charge is 0.328 e. The molecule has 0 aromatic heterocycles. The van der Waals surface area contributed by atoms with Gasteiger partial charge < -0.3 is 20.1 Å². The van der Waals surface area contributed by atoms with Crippen LogP contribution in [0.1, 0.15) is 30.9 Å². The van der Waals surface area contributed by atoms with Crippen molar-refractivity contribution < 1.29 is 23.9 Å². The van der Waals surface area contributed by atoms with Crippen molar-refractivity contribution in [2.45, 2.75) is 44.9 Å². The van der Waals surface area contributed by atoms with Crippen molar-refractivity contribution in [2.75, 3.05) is 6.61 Å². The number of ether oxygens (including phenoxy) is 2. The van der Waals surface area contributed by atoms with E-state index in [0.29, 0.717) is 25.1 Å². The lowest BCUT2D eigenvalue weighted by atomic mass is 10.0. The molecule has 0 saturated heterocycles. The third kappa shape index (κ3) is 6.97. The monoisotopic (exact) mass is 436 g/mol. The molecule has 1 heterocycles. The van der Waals surface area contributed by atoms with Gasteiger partial charge in [0.1, 0.15) is 12.6 Å². The lowest BCUT2D eigenvalue weighted by Gasteiger charge is -2.23. The maximum absolute atomic E-state index is 12.7. The highest BCUT2D eigenvalue weighted by atomic mass is 16.5. The van der Waals surface area contributed by atoms with Crippen molar-refractivity contribution >= 4 is 17.8 Å². The van der Waals surface area contributed by atoms with Crippen LogP contribution in [0.2, 0.25) is 0 Å². The standard InChI is InChI=1S/C25H28N2O5/c1-2-13-31-25(30)22(14-18-9-5-3-6-10-18)26-20-15-23(28)27-21(20)16-24(29)32-17-19-11-7-4-8-12-19/h3-12,15,21-22,26H,2,13-14,16-17H2,1H3,(H,27,28). The largest absolute Gasteiger partial charge is 0.464 e. The van der Waals surface area contributed by atoms with Crippen molar-refractivity contribution in [3.8, 4) is 0 Å². The molecule has 0 radical (unpaired) electrons. The van der Waals surface area contributed by atoms with Crippen LogP contribution in [0.15, 0.2) is 72.4 Å². The first-order chi connectivity index (χ1) is 15.5. The number of amides is 1. The summed E-state index contributed by atoms with van der Waals surface area (Å²) in [7, 11) is 0. The number of benzene rings is 2. The molecule has 7 nitrogen and oxygen atoms in total. The van der Waals surface area contributed by atoms with Crippen LogP contribution >= 0.6 is 0 Å². The van der Waals surface area contributed by atoms with Crippen LogP contribution in [0.25, 0.3) is 0 Å². The predicted octanol–water partition coefficient (Wildman–Crippen LogP) is 2.66. The summed E-state index contributed by atoms with van der Waals surface area (Å²) in [5, 5.41) is 5.87. The molecule has 2 aromatic rings. The van der Waals surface area contributed by atoms with E-state index in [1.165, 1.54) is 6.08 Å². The van der Waals surface area contributed by atoms with Crippen LogP contribution in [-0.4, -0.2) is 36.5 Å². The number of hydrogen-bond donors (Lipinski definition) is 2. The Balaban J connectivity index is 1.63. The molecule has 2 aromatic carbocycles. The lowest BCUT2D eigenvalue weighted by Crippen LogP contribution is -2.44. The molecule has 0 spiro atoms. The summed E-state index contributed by atoms with van der Waals surface area (Å²) in [5.74, 6) is -1.17. The van der Waals surface area contributed by atoms with Crippen molar-refractivity contribution in [1.82, 2.24) is 10.6 Å². The second kappa shape index (κ2) is 11.7. The number of carbonyl (C=O) groups is 3. The first-order valence-corrected chi connectivity index (χ1v) is 10.7. The minimum absolute atomic E-state index is 0.0422. The number of carbonyl (C=O) groups excluding carboxylic acids is 3. The second-order valence-corrected chi connectivity index (χ2v) is 7.57. The molecule has 0 fully saturated rings. The van der Waals surface area contributed by atoms with Gasteiger partial charge in [0.2, 0.25) is 5.91 Å². The molecule has 2 atom stereocenters. The van der Waals surface area contributed by atoms with Gasteiger partial charge in [0, 0.05) is 18.2 Å². The van der Waals surface area contributed by atoms with Crippen LogP contribution in [0, 0.1) is 0 Å². The number of nitrogens with one attached hydrogen (secondary N) is 2. The van der Waals surface area contributed by atoms with E-state index in [1.807, 2.05) is 67.6 Å². The SMILES string of the molecule is CCCOC(=O)C(Cc1ccccc1)NC1=CC(=O)NC1CC(=O)OCc1ccccc1. The zero-order chi connectivity index (χ0) is 22.8. The van der Waals surface area contributed by atoms with Gasteiger partial charge in [-0.2, -0.15) is 0 Å². The van der Waals surface area contributed by atoms with E-state index in [4.69, 9.17) is 9.47 Å². The van der Waals surface area contributed by atoms with Crippen molar-refractivity contribution in [3.05, 3.63) is 83.6 Å². The molecular weight excluding hydrogens is 408 g/mol. The predicted molar refractivity (Wildman–Crippen MR) is 119 cm³/mol. The van der Waals surface area contributed by atoms with Gasteiger partial charge in [0.05, 0.1) is 19.1 Å². The van der Waals surface area contributed by atoms with Crippen molar-refractivity contribution in [3.63, 3.8) is 0 Å². The van der Waals surface area contributed by atoms with Gasteiger partial charge >= 0.3 is 11.9 Å². The van der Waals surface area contributed by atoms with E-state index in [2.05, 4.69) is 10.6 Å². The summed E-state index contributed by atoms with van der Waals surface area (Å²) in [5.41, 5.74) is 2.31. The minimum Gasteiger partial charge on any atom is -0.464 e. The van der Waals surface area contributed by atoms with E-state index in [-0.39, 0.29) is 18.9 Å². The molecule has 0 saturated carbocycles. The molecule has 1 amide bonds. The molecule has 1 aliphatic rings. The quantitative estimate of drug-likeness (QED) is 0.526. The molecule has 7 heteroatoms. The highest BCUT2D eigenvalue weighted by molar-refractivity contribution is 5.92. The average Bonchev–Trinajstić information content (AvgIpc) is 3.15. The minimum atomic E-state index is -0.689. The fraction of sp³-hybridized carbons (Fsp3) is 0.320. The topological polar surface area (TPSA) is 93.7 Å². The molecule has 2 unspecified atom stereocenters. The summed E-state index contributed by atoms with van der Waals surface area (Å²) in [4.78, 5) is 37.0. The Morgan fingerprint density at radius 3 is 2.31 bits per heavy atom. The summed E-state index contributed by atoms with van der Waals surface area (Å²) in [6, 6.07) is 17.6. The van der Waals surface area contributed by atoms with Crippen LogP contribution in [-0.2, 0) is 36.9 Å². The first kappa shape index (κ1) is 23.1. The Morgan fingerprint density at radius 1 is 1.00 bits per heavy atom. The van der Waals surface area contributed by atoms with E-state index >= 15 is 0 Å². The number of esters is 2. The average molecular weight is 437 g/mol. The van der Waals surface area contributed by atoms with Crippen LogP contribution < -0.4 is 10.6 Å². The summed E-state index contributed by atoms with van der Waals surface area (Å²) in [6.45, 7) is 2.40. The van der Waals surface area contributed by atoms with Crippen LogP contribution in [0.5, 0.6) is 0 Å². The van der Waals surface area contributed by atoms with Gasteiger partial charge in [0.25, 0.3) is 0 Å². The highest BCUT2D eigenvalue weighted by Crippen LogP contribution is 2.15. The maximum Gasteiger partial charge on any atom is 0.328 e. The Kier molecular flexibility index (Phi) is 8.43. The van der Waals surface area contributed by atoms with Gasteiger partial charge in [0.15, 0.2) is 0 Å². The third-order valence-electron chi connectivity index (χ3n) is 4.95. The molecule has 3 rings (SSSR count). The number of rotatable bonds is 11. The molecule has 2 N–H and O–H groups in total. The Hall–Kier alpha value is -3.61. The summed E-state index contributed by atoms with van der Waals surface area (Å²) >= 11 is 0. The Bertz CT molecular complexity index is 943. The Labute approximate surface area is 187 Å². The summed E-state index contributed by atoms with van der Waals surface area (Å²) in [6.07, 6.45) is 2.43. The van der Waals surface area contributed by atoms with E-state index in [0.717, 1.165) is 11.1 Å². The van der Waals surface area contributed by atoms with Gasteiger partial charge in [-0.1, -0.05) is 67.6 Å². The van der Waals surface area contributed by atoms with Gasteiger partial charge in [-0.25, -0.2) is 4.79 Å². The number of hydrogen-bond acceptors (Lipinski definition) is 6. The van der Waals surface area contributed by atoms with Gasteiger partial charge in [-0.05, 0) is 17.5 Å². The van der Waals surface area contributed by atoms with Gasteiger partial charge in [-0.3, -0.25) is 9.59 Å². The molecule has 0 aliphatic carbocycles. The highest BCUT2D eigenvalue weighted by Gasteiger charge is 2.31. The van der Waals surface area contributed by atoms with Crippen LogP contribution in [0.3, 0.4) is 0 Å². The van der Waals surface area contributed by atoms with E-state index in [1.54, 1.807) is 0 Å². The molecular formula is C25H28N2O5. The fourth-order valence-electron chi connectivity index (χ4n) is 3.35. The van der Waals surface area contributed by atoms with E-state index in [9.17, 15) is 14.4 Å². The maximum atomic E-state index is 12.7. The summed E-state index contributed by atoms with van der Waals surface area (Å²) < 4.78 is 10.7. The molecule has 32 heavy (non-hydrogen) atoms. The normalized spacial score (nSPS) is 16.0. The molecule has 0 bridgehead atoms. The van der Waals surface area contributed by atoms with Crippen molar-refractivity contribution in [1.29, 1.82) is 0 Å².